The van der Waals surface area contributed by atoms with Gasteiger partial charge in [0.05, 0.1) is 5.69 Å². The zero-order valence-corrected chi connectivity index (χ0v) is 10.7. The van der Waals surface area contributed by atoms with E-state index in [0.29, 0.717) is 5.69 Å². The smallest absolute Gasteiger partial charge is 0.262 e. The summed E-state index contributed by atoms with van der Waals surface area (Å²) in [6, 6.07) is 2.12. The van der Waals surface area contributed by atoms with Crippen LogP contribution in [0.5, 0.6) is 0 Å². The number of carbonyl (C=O) groups is 1. The van der Waals surface area contributed by atoms with Gasteiger partial charge in [0.1, 0.15) is 11.6 Å². The summed E-state index contributed by atoms with van der Waals surface area (Å²) in [4.78, 5) is 11.9. The maximum Gasteiger partial charge on any atom is 0.262 e. The van der Waals surface area contributed by atoms with Crippen LogP contribution in [-0.2, 0) is 4.79 Å². The molecule has 1 saturated carbocycles. The normalized spacial score (nSPS) is 17.2. The largest absolute Gasteiger partial charge is 0.349 e. The number of amides is 1. The molecule has 1 fully saturated rings. The Morgan fingerprint density at radius 2 is 2.28 bits per heavy atom. The predicted molar refractivity (Wildman–Crippen MR) is 68.5 cm³/mol. The highest BCUT2D eigenvalue weighted by atomic mass is 32.1. The third-order valence-electron chi connectivity index (χ3n) is 2.97. The Morgan fingerprint density at radius 1 is 1.50 bits per heavy atom. The van der Waals surface area contributed by atoms with Crippen LogP contribution >= 0.6 is 11.5 Å². The van der Waals surface area contributed by atoms with Crippen molar-refractivity contribution in [2.75, 3.05) is 0 Å². The minimum atomic E-state index is -0.308. The molecule has 0 bridgehead atoms. The first-order chi connectivity index (χ1) is 8.79. The van der Waals surface area contributed by atoms with Crippen molar-refractivity contribution in [3.05, 3.63) is 16.6 Å². The van der Waals surface area contributed by atoms with E-state index < -0.39 is 0 Å². The van der Waals surface area contributed by atoms with Crippen LogP contribution in [0.15, 0.2) is 11.0 Å². The SMILES string of the molecule is N#C/C(=C\c1csnn1)C(=O)NC1CCCCC1. The van der Waals surface area contributed by atoms with Crippen molar-refractivity contribution in [1.82, 2.24) is 14.9 Å². The van der Waals surface area contributed by atoms with Gasteiger partial charge in [-0.25, -0.2) is 0 Å². The molecule has 0 unspecified atom stereocenters. The van der Waals surface area contributed by atoms with Gasteiger partial charge in [0.25, 0.3) is 5.91 Å². The molecule has 0 saturated heterocycles. The lowest BCUT2D eigenvalue weighted by Crippen LogP contribution is -2.36. The lowest BCUT2D eigenvalue weighted by atomic mass is 9.95. The molecule has 0 radical (unpaired) electrons. The van der Waals surface area contributed by atoms with Crippen LogP contribution in [0.4, 0.5) is 0 Å². The van der Waals surface area contributed by atoms with Crippen molar-refractivity contribution in [3.8, 4) is 6.07 Å². The van der Waals surface area contributed by atoms with Crippen LogP contribution in [0.1, 0.15) is 37.8 Å². The van der Waals surface area contributed by atoms with E-state index in [-0.39, 0.29) is 17.5 Å². The standard InChI is InChI=1S/C12H14N4OS/c13-7-9(6-11-8-18-16-15-11)12(17)14-10-4-2-1-3-5-10/h6,8,10H,1-5H2,(H,14,17)/b9-6+. The number of aromatic nitrogens is 2. The summed E-state index contributed by atoms with van der Waals surface area (Å²) >= 11 is 1.19. The fourth-order valence-corrected chi connectivity index (χ4v) is 2.45. The fourth-order valence-electron chi connectivity index (χ4n) is 2.04. The molecule has 1 amide bonds. The molecular formula is C12H14N4OS. The van der Waals surface area contributed by atoms with Crippen molar-refractivity contribution in [2.24, 2.45) is 0 Å². The molecule has 1 heterocycles. The number of nitriles is 1. The fraction of sp³-hybridized carbons (Fsp3) is 0.500. The first-order valence-electron chi connectivity index (χ1n) is 5.99. The second-order valence-electron chi connectivity index (χ2n) is 4.31. The Morgan fingerprint density at radius 3 is 2.89 bits per heavy atom. The zero-order valence-electron chi connectivity index (χ0n) is 9.93. The van der Waals surface area contributed by atoms with Gasteiger partial charge < -0.3 is 5.32 Å². The van der Waals surface area contributed by atoms with Crippen LogP contribution in [0.3, 0.4) is 0 Å². The molecule has 18 heavy (non-hydrogen) atoms. The van der Waals surface area contributed by atoms with Crippen LogP contribution in [-0.4, -0.2) is 21.5 Å². The molecule has 94 valence electrons. The molecule has 1 N–H and O–H groups in total. The Labute approximate surface area is 110 Å². The summed E-state index contributed by atoms with van der Waals surface area (Å²) in [6.07, 6.45) is 7.00. The van der Waals surface area contributed by atoms with E-state index in [4.69, 9.17) is 5.26 Å². The van der Waals surface area contributed by atoms with Gasteiger partial charge in [-0.1, -0.05) is 23.8 Å². The minimum Gasteiger partial charge on any atom is -0.349 e. The van der Waals surface area contributed by atoms with Gasteiger partial charge in [-0.3, -0.25) is 4.79 Å². The average Bonchev–Trinajstić information content (AvgIpc) is 2.90. The van der Waals surface area contributed by atoms with Gasteiger partial charge in [-0.2, -0.15) is 5.26 Å². The maximum atomic E-state index is 11.9. The van der Waals surface area contributed by atoms with Crippen LogP contribution in [0.25, 0.3) is 6.08 Å². The van der Waals surface area contributed by atoms with E-state index >= 15 is 0 Å². The van der Waals surface area contributed by atoms with E-state index in [1.807, 2.05) is 6.07 Å². The number of hydrogen-bond donors (Lipinski definition) is 1. The average molecular weight is 262 g/mol. The van der Waals surface area contributed by atoms with Crippen molar-refractivity contribution in [3.63, 3.8) is 0 Å². The van der Waals surface area contributed by atoms with Crippen molar-refractivity contribution < 1.29 is 4.79 Å². The maximum absolute atomic E-state index is 11.9. The number of carbonyl (C=O) groups excluding carboxylic acids is 1. The van der Waals surface area contributed by atoms with Gasteiger partial charge in [-0.15, -0.1) is 5.10 Å². The molecule has 1 aliphatic carbocycles. The minimum absolute atomic E-state index is 0.0910. The number of hydrogen-bond acceptors (Lipinski definition) is 5. The van der Waals surface area contributed by atoms with Crippen molar-refractivity contribution in [1.29, 1.82) is 5.26 Å². The van der Waals surface area contributed by atoms with Gasteiger partial charge in [-0.05, 0) is 30.5 Å². The van der Waals surface area contributed by atoms with E-state index in [1.54, 1.807) is 5.38 Å². The molecule has 1 aliphatic rings. The van der Waals surface area contributed by atoms with Gasteiger partial charge in [0, 0.05) is 11.4 Å². The van der Waals surface area contributed by atoms with Crippen LogP contribution in [0, 0.1) is 11.3 Å². The van der Waals surface area contributed by atoms with E-state index in [1.165, 1.54) is 24.0 Å². The van der Waals surface area contributed by atoms with Crippen molar-refractivity contribution >= 4 is 23.5 Å². The molecule has 1 aromatic heterocycles. The third-order valence-corrected chi connectivity index (χ3v) is 3.50. The highest BCUT2D eigenvalue weighted by Gasteiger charge is 2.18. The second-order valence-corrected chi connectivity index (χ2v) is 4.92. The summed E-state index contributed by atoms with van der Waals surface area (Å²) in [5.41, 5.74) is 0.642. The lowest BCUT2D eigenvalue weighted by Gasteiger charge is -2.22. The molecule has 1 aromatic rings. The van der Waals surface area contributed by atoms with E-state index in [2.05, 4.69) is 14.9 Å². The Hall–Kier alpha value is -1.74. The summed E-state index contributed by atoms with van der Waals surface area (Å²) < 4.78 is 3.69. The molecule has 0 spiro atoms. The van der Waals surface area contributed by atoms with Crippen LogP contribution < -0.4 is 5.32 Å². The Balaban J connectivity index is 2.00. The second kappa shape index (κ2) is 6.26. The zero-order chi connectivity index (χ0) is 12.8. The molecule has 2 rings (SSSR count). The first-order valence-corrected chi connectivity index (χ1v) is 6.83. The molecule has 0 aliphatic heterocycles. The highest BCUT2D eigenvalue weighted by molar-refractivity contribution is 7.03. The quantitative estimate of drug-likeness (QED) is 0.666. The first kappa shape index (κ1) is 12.7. The molecule has 0 atom stereocenters. The number of rotatable bonds is 3. The third kappa shape index (κ3) is 3.37. The van der Waals surface area contributed by atoms with E-state index in [0.717, 1.165) is 25.7 Å². The monoisotopic (exact) mass is 262 g/mol. The number of nitrogens with one attached hydrogen (secondary N) is 1. The molecule has 0 aromatic carbocycles. The molecule has 6 heteroatoms. The molecular weight excluding hydrogens is 248 g/mol. The predicted octanol–water partition coefficient (Wildman–Crippen LogP) is 1.89. The van der Waals surface area contributed by atoms with Crippen molar-refractivity contribution in [2.45, 2.75) is 38.1 Å². The Bertz CT molecular complexity index is 469. The highest BCUT2D eigenvalue weighted by Crippen LogP contribution is 2.17. The van der Waals surface area contributed by atoms with Gasteiger partial charge >= 0.3 is 0 Å². The van der Waals surface area contributed by atoms with Crippen LogP contribution in [0.2, 0.25) is 0 Å². The number of nitrogens with zero attached hydrogens (tertiary/aromatic N) is 3. The summed E-state index contributed by atoms with van der Waals surface area (Å²) in [7, 11) is 0. The topological polar surface area (TPSA) is 78.7 Å². The summed E-state index contributed by atoms with van der Waals surface area (Å²) in [5.74, 6) is -0.308. The Kier molecular flexibility index (Phi) is 4.42. The summed E-state index contributed by atoms with van der Waals surface area (Å²) in [5, 5.41) is 17.4. The van der Waals surface area contributed by atoms with Gasteiger partial charge in [0.15, 0.2) is 0 Å². The van der Waals surface area contributed by atoms with Gasteiger partial charge in [0.2, 0.25) is 0 Å². The van der Waals surface area contributed by atoms with E-state index in [9.17, 15) is 4.79 Å². The lowest BCUT2D eigenvalue weighted by molar-refractivity contribution is -0.117. The summed E-state index contributed by atoms with van der Waals surface area (Å²) in [6.45, 7) is 0. The molecule has 5 nitrogen and oxygen atoms in total.